The number of piperidine rings is 1. The standard InChI is InChI=1S/C24H27NO10/c1-11(26)33-19(17(27)21(28)29)22(30)34-14-6-7-24(31)15-10-12-4-5-13(32-3)18-16(12)23(24,20(14)35-18)8-9-25(15)2/h4-6,15,17,19-20,27,31H,7-10H2,1-3H3,(H,28,29)/t15-,17+,19+,20?,23?,24-/m1/s1. The highest BCUT2D eigenvalue weighted by Gasteiger charge is 2.72. The van der Waals surface area contributed by atoms with Crippen LogP contribution in [-0.2, 0) is 35.7 Å². The first-order chi connectivity index (χ1) is 16.5. The van der Waals surface area contributed by atoms with Gasteiger partial charge in [-0.15, -0.1) is 0 Å². The molecule has 0 saturated carbocycles. The van der Waals surface area contributed by atoms with E-state index in [0.717, 1.165) is 18.1 Å². The minimum absolute atomic E-state index is 0.0591. The monoisotopic (exact) mass is 489 g/mol. The number of benzene rings is 1. The maximum Gasteiger partial charge on any atom is 0.356 e. The van der Waals surface area contributed by atoms with Gasteiger partial charge >= 0.3 is 17.9 Å². The largest absolute Gasteiger partial charge is 0.493 e. The first-order valence-electron chi connectivity index (χ1n) is 11.3. The lowest BCUT2D eigenvalue weighted by atomic mass is 9.50. The molecule has 35 heavy (non-hydrogen) atoms. The van der Waals surface area contributed by atoms with E-state index < -0.39 is 47.2 Å². The summed E-state index contributed by atoms with van der Waals surface area (Å²) in [6.45, 7) is 1.65. The van der Waals surface area contributed by atoms with Crippen molar-refractivity contribution in [2.45, 2.75) is 61.6 Å². The summed E-state index contributed by atoms with van der Waals surface area (Å²) in [5, 5.41) is 31.2. The van der Waals surface area contributed by atoms with Crippen LogP contribution in [0.1, 0.15) is 30.9 Å². The van der Waals surface area contributed by atoms with Crippen LogP contribution in [0.15, 0.2) is 24.0 Å². The van der Waals surface area contributed by atoms with Gasteiger partial charge < -0.3 is 39.2 Å². The number of ether oxygens (including phenoxy) is 4. The molecule has 2 aliphatic heterocycles. The zero-order chi connectivity index (χ0) is 25.3. The first-order valence-corrected chi connectivity index (χ1v) is 11.3. The zero-order valence-corrected chi connectivity index (χ0v) is 19.5. The van der Waals surface area contributed by atoms with Crippen LogP contribution < -0.4 is 9.47 Å². The number of carbonyl (C=O) groups excluding carboxylic acids is 2. The van der Waals surface area contributed by atoms with Crippen molar-refractivity contribution in [2.24, 2.45) is 0 Å². The number of hydrogen-bond acceptors (Lipinski definition) is 10. The molecule has 2 heterocycles. The summed E-state index contributed by atoms with van der Waals surface area (Å²) in [5.74, 6) is -2.94. The molecule has 6 atom stereocenters. The van der Waals surface area contributed by atoms with Crippen molar-refractivity contribution in [3.63, 3.8) is 0 Å². The number of likely N-dealkylation sites (N-methyl/N-ethyl adjacent to an activating group) is 1. The Morgan fingerprint density at radius 2 is 2.03 bits per heavy atom. The van der Waals surface area contributed by atoms with E-state index in [1.165, 1.54) is 7.11 Å². The molecule has 0 amide bonds. The first kappa shape index (κ1) is 23.6. The summed E-state index contributed by atoms with van der Waals surface area (Å²) in [6, 6.07) is 3.56. The van der Waals surface area contributed by atoms with Gasteiger partial charge in [-0.2, -0.15) is 0 Å². The van der Waals surface area contributed by atoms with Crippen molar-refractivity contribution in [1.82, 2.24) is 4.90 Å². The predicted octanol–water partition coefficient (Wildman–Crippen LogP) is -0.107. The van der Waals surface area contributed by atoms with E-state index in [2.05, 4.69) is 4.90 Å². The number of esters is 2. The molecule has 1 aromatic carbocycles. The number of likely N-dealkylation sites (tertiary alicyclic amines) is 1. The molecule has 188 valence electrons. The quantitative estimate of drug-likeness (QED) is 0.459. The second-order valence-corrected chi connectivity index (χ2v) is 9.52. The van der Waals surface area contributed by atoms with Crippen molar-refractivity contribution in [3.05, 3.63) is 35.1 Å². The Kier molecular flexibility index (Phi) is 5.35. The van der Waals surface area contributed by atoms with Crippen LogP contribution in [0, 0.1) is 0 Å². The number of aliphatic hydroxyl groups excluding tert-OH is 1. The molecule has 2 aliphatic carbocycles. The van der Waals surface area contributed by atoms with E-state index in [1.54, 1.807) is 12.1 Å². The summed E-state index contributed by atoms with van der Waals surface area (Å²) >= 11 is 0. The van der Waals surface area contributed by atoms with E-state index in [9.17, 15) is 24.6 Å². The lowest BCUT2D eigenvalue weighted by molar-refractivity contribution is -0.184. The van der Waals surface area contributed by atoms with E-state index in [0.29, 0.717) is 30.9 Å². The fraction of sp³-hybridized carbons (Fsp3) is 0.542. The van der Waals surface area contributed by atoms with Gasteiger partial charge in [0.25, 0.3) is 0 Å². The normalized spacial score (nSPS) is 31.9. The van der Waals surface area contributed by atoms with Gasteiger partial charge in [0.2, 0.25) is 6.10 Å². The Bertz CT molecular complexity index is 1150. The van der Waals surface area contributed by atoms with E-state index in [1.807, 2.05) is 13.1 Å². The van der Waals surface area contributed by atoms with Crippen LogP contribution in [0.3, 0.4) is 0 Å². The van der Waals surface area contributed by atoms with Crippen LogP contribution >= 0.6 is 0 Å². The summed E-state index contributed by atoms with van der Waals surface area (Å²) in [5.41, 5.74) is -0.316. The number of nitrogens with zero attached hydrogens (tertiary/aromatic N) is 1. The highest BCUT2D eigenvalue weighted by Crippen LogP contribution is 2.65. The summed E-state index contributed by atoms with van der Waals surface area (Å²) in [7, 11) is 3.48. The van der Waals surface area contributed by atoms with Gasteiger partial charge in [-0.05, 0) is 44.1 Å². The third-order valence-electron chi connectivity index (χ3n) is 7.84. The summed E-state index contributed by atoms with van der Waals surface area (Å²) < 4.78 is 22.2. The van der Waals surface area contributed by atoms with Gasteiger partial charge in [0.1, 0.15) is 5.76 Å². The highest BCUT2D eigenvalue weighted by atomic mass is 16.6. The van der Waals surface area contributed by atoms with Crippen LogP contribution in [0.5, 0.6) is 11.5 Å². The number of carbonyl (C=O) groups is 3. The minimum Gasteiger partial charge on any atom is -0.493 e. The second kappa shape index (κ2) is 7.94. The van der Waals surface area contributed by atoms with Crippen molar-refractivity contribution < 1.29 is 48.7 Å². The van der Waals surface area contributed by atoms with Gasteiger partial charge in [0, 0.05) is 24.9 Å². The molecule has 2 bridgehead atoms. The molecule has 1 fully saturated rings. The SMILES string of the molecule is COc1ccc2c3c1OC1C(OC(=O)[C@@H](OC(C)=O)[C@H](O)C(=O)O)=CC[C@@]4(O)[C@@H](C2)N(C)CCC314. The van der Waals surface area contributed by atoms with Crippen molar-refractivity contribution in [3.8, 4) is 11.5 Å². The molecule has 1 spiro atoms. The molecule has 11 nitrogen and oxygen atoms in total. The molecule has 0 radical (unpaired) electrons. The Hall–Kier alpha value is -3.15. The van der Waals surface area contributed by atoms with Crippen LogP contribution in [0.2, 0.25) is 0 Å². The number of carboxylic acid groups (broad SMARTS) is 1. The molecule has 4 aliphatic rings. The lowest BCUT2D eigenvalue weighted by Crippen LogP contribution is -2.74. The molecule has 1 saturated heterocycles. The molecule has 11 heteroatoms. The smallest absolute Gasteiger partial charge is 0.356 e. The Morgan fingerprint density at radius 1 is 1.29 bits per heavy atom. The van der Waals surface area contributed by atoms with E-state index in [-0.39, 0.29) is 18.2 Å². The van der Waals surface area contributed by atoms with Crippen molar-refractivity contribution in [1.29, 1.82) is 0 Å². The number of aliphatic hydroxyl groups is 2. The Morgan fingerprint density at radius 3 is 2.69 bits per heavy atom. The molecule has 2 unspecified atom stereocenters. The maximum atomic E-state index is 12.9. The molecule has 5 rings (SSSR count). The highest BCUT2D eigenvalue weighted by molar-refractivity contribution is 5.87. The van der Waals surface area contributed by atoms with E-state index >= 15 is 0 Å². The van der Waals surface area contributed by atoms with Gasteiger partial charge in [-0.1, -0.05) is 6.07 Å². The van der Waals surface area contributed by atoms with Crippen LogP contribution in [0.4, 0.5) is 0 Å². The number of carboxylic acids is 1. The predicted molar refractivity (Wildman–Crippen MR) is 117 cm³/mol. The molecule has 0 aromatic heterocycles. The second-order valence-electron chi connectivity index (χ2n) is 9.52. The molecular formula is C24H27NO10. The number of aliphatic carboxylic acids is 1. The van der Waals surface area contributed by atoms with Gasteiger partial charge in [-0.25, -0.2) is 9.59 Å². The van der Waals surface area contributed by atoms with Gasteiger partial charge in [0.05, 0.1) is 18.1 Å². The Labute approximate surface area is 200 Å². The third-order valence-corrected chi connectivity index (χ3v) is 7.84. The van der Waals surface area contributed by atoms with Crippen molar-refractivity contribution in [2.75, 3.05) is 20.7 Å². The van der Waals surface area contributed by atoms with Crippen LogP contribution in [0.25, 0.3) is 0 Å². The molecule has 1 aromatic rings. The van der Waals surface area contributed by atoms with Gasteiger partial charge in [-0.3, -0.25) is 4.79 Å². The third kappa shape index (κ3) is 3.11. The number of rotatable bonds is 6. The fourth-order valence-electron chi connectivity index (χ4n) is 6.31. The average molecular weight is 489 g/mol. The molecular weight excluding hydrogens is 462 g/mol. The minimum atomic E-state index is -2.32. The fourth-order valence-corrected chi connectivity index (χ4v) is 6.31. The van der Waals surface area contributed by atoms with E-state index in [4.69, 9.17) is 24.1 Å². The lowest BCUT2D eigenvalue weighted by Gasteiger charge is -2.61. The average Bonchev–Trinajstić information content (AvgIpc) is 3.16. The van der Waals surface area contributed by atoms with Gasteiger partial charge in [0.15, 0.2) is 23.7 Å². The number of hydrogen-bond donors (Lipinski definition) is 3. The van der Waals surface area contributed by atoms with Crippen LogP contribution in [-0.4, -0.2) is 88.8 Å². The maximum absolute atomic E-state index is 12.9. The molecule has 3 N–H and O–H groups in total. The Balaban J connectivity index is 1.58. The van der Waals surface area contributed by atoms with Crippen molar-refractivity contribution >= 4 is 17.9 Å². The summed E-state index contributed by atoms with van der Waals surface area (Å²) in [6.07, 6.45) is -2.48. The summed E-state index contributed by atoms with van der Waals surface area (Å²) in [4.78, 5) is 37.8. The topological polar surface area (TPSA) is 152 Å². The number of methoxy groups -OCH3 is 1. The zero-order valence-electron chi connectivity index (χ0n) is 19.5.